The predicted molar refractivity (Wildman–Crippen MR) is 35.6 cm³/mol. The molecular formula is C6H10O6. The highest BCUT2D eigenvalue weighted by atomic mass is 17.8. The van der Waals surface area contributed by atoms with Crippen molar-refractivity contribution in [1.29, 1.82) is 0 Å². The normalized spacial score (nSPS) is 9.17. The van der Waals surface area contributed by atoms with Gasteiger partial charge in [0, 0.05) is 6.42 Å². The lowest BCUT2D eigenvalue weighted by atomic mass is 10.3. The Morgan fingerprint density at radius 3 is 2.67 bits per heavy atom. The zero-order valence-corrected chi connectivity index (χ0v) is 6.61. The highest BCUT2D eigenvalue weighted by Crippen LogP contribution is 1.84. The van der Waals surface area contributed by atoms with Crippen molar-refractivity contribution < 1.29 is 30.3 Å². The topological polar surface area (TPSA) is 66.4 Å². The van der Waals surface area contributed by atoms with Gasteiger partial charge in [0.25, 0.3) is 0 Å². The molecule has 0 heterocycles. The van der Waals surface area contributed by atoms with Gasteiger partial charge in [-0.3, -0.25) is 0 Å². The molecule has 0 saturated heterocycles. The fourth-order valence-corrected chi connectivity index (χ4v) is 0.361. The molecule has 0 aliphatic heterocycles. The molecular weight excluding hydrogens is 168 g/mol. The highest BCUT2D eigenvalue weighted by Gasteiger charge is 1.86. The van der Waals surface area contributed by atoms with Crippen LogP contribution >= 0.6 is 0 Å². The molecule has 0 fully saturated rings. The molecule has 70 valence electrons. The molecule has 0 aromatic rings. The Balaban J connectivity index is 2.96. The van der Waals surface area contributed by atoms with Crippen LogP contribution in [0.5, 0.6) is 0 Å². The van der Waals surface area contributed by atoms with Gasteiger partial charge in [-0.2, -0.15) is 4.89 Å². The fourth-order valence-electron chi connectivity index (χ4n) is 0.361. The van der Waals surface area contributed by atoms with E-state index in [1.807, 2.05) is 6.92 Å². The first-order valence-corrected chi connectivity index (χ1v) is 3.30. The van der Waals surface area contributed by atoms with Crippen LogP contribution in [0.4, 0.5) is 0 Å². The standard InChI is InChI=1S/C6H10O6/c1-2-3-4-5-6-8-10-12-11-9-7/h7H,2-3,6H2,1H3. The summed E-state index contributed by atoms with van der Waals surface area (Å²) in [5, 5.41) is 21.4. The second-order valence-electron chi connectivity index (χ2n) is 1.64. The summed E-state index contributed by atoms with van der Waals surface area (Å²) in [6.07, 6.45) is 1.80. The quantitative estimate of drug-likeness (QED) is 0.283. The molecule has 0 aliphatic rings. The van der Waals surface area contributed by atoms with Crippen LogP contribution in [-0.4, -0.2) is 11.9 Å². The van der Waals surface area contributed by atoms with E-state index in [1.54, 1.807) is 0 Å². The van der Waals surface area contributed by atoms with Gasteiger partial charge in [0.1, 0.15) is 6.61 Å². The van der Waals surface area contributed by atoms with Crippen molar-refractivity contribution in [1.82, 2.24) is 0 Å². The first kappa shape index (κ1) is 11.3. The largest absolute Gasteiger partial charge is 0.219 e. The van der Waals surface area contributed by atoms with E-state index in [9.17, 15) is 0 Å². The molecule has 6 heteroatoms. The molecule has 12 heavy (non-hydrogen) atoms. The summed E-state index contributed by atoms with van der Waals surface area (Å²) in [6.45, 7) is 2.07. The van der Waals surface area contributed by atoms with Crippen LogP contribution in [0.1, 0.15) is 19.8 Å². The van der Waals surface area contributed by atoms with Gasteiger partial charge in [-0.1, -0.05) is 12.8 Å². The van der Waals surface area contributed by atoms with Gasteiger partial charge in [0.2, 0.25) is 0 Å². The molecule has 0 aromatic carbocycles. The van der Waals surface area contributed by atoms with Gasteiger partial charge in [0.05, 0.1) is 0 Å². The van der Waals surface area contributed by atoms with Gasteiger partial charge >= 0.3 is 0 Å². The van der Waals surface area contributed by atoms with Gasteiger partial charge in [-0.05, 0) is 26.6 Å². The lowest BCUT2D eigenvalue weighted by Crippen LogP contribution is -1.97. The van der Waals surface area contributed by atoms with Crippen LogP contribution in [-0.2, 0) is 25.0 Å². The molecule has 0 unspecified atom stereocenters. The Kier molecular flexibility index (Phi) is 9.74. The fraction of sp³-hybridized carbons (Fsp3) is 0.667. The van der Waals surface area contributed by atoms with Gasteiger partial charge < -0.3 is 0 Å². The first-order valence-electron chi connectivity index (χ1n) is 3.30. The van der Waals surface area contributed by atoms with E-state index in [0.717, 1.165) is 12.8 Å². The molecule has 0 saturated carbocycles. The Morgan fingerprint density at radius 2 is 2.00 bits per heavy atom. The van der Waals surface area contributed by atoms with E-state index < -0.39 is 0 Å². The van der Waals surface area contributed by atoms with Crippen molar-refractivity contribution in [2.24, 2.45) is 0 Å². The minimum atomic E-state index is 0.0504. The van der Waals surface area contributed by atoms with Crippen molar-refractivity contribution in [2.75, 3.05) is 6.61 Å². The third kappa shape index (κ3) is 9.32. The third-order valence-electron chi connectivity index (χ3n) is 0.765. The lowest BCUT2D eigenvalue weighted by molar-refractivity contribution is -0.752. The molecule has 0 atom stereocenters. The highest BCUT2D eigenvalue weighted by molar-refractivity contribution is 4.98. The molecule has 0 bridgehead atoms. The third-order valence-corrected chi connectivity index (χ3v) is 0.765. The summed E-state index contributed by atoms with van der Waals surface area (Å²) >= 11 is 0. The maximum absolute atomic E-state index is 7.53. The van der Waals surface area contributed by atoms with Crippen LogP contribution < -0.4 is 0 Å². The molecule has 0 radical (unpaired) electrons. The Morgan fingerprint density at radius 1 is 1.17 bits per heavy atom. The average Bonchev–Trinajstić information content (AvgIpc) is 2.10. The molecule has 0 amide bonds. The van der Waals surface area contributed by atoms with Gasteiger partial charge in [-0.25, -0.2) is 5.26 Å². The minimum Gasteiger partial charge on any atom is -0.219 e. The second kappa shape index (κ2) is 10.3. The van der Waals surface area contributed by atoms with E-state index in [-0.39, 0.29) is 6.61 Å². The minimum absolute atomic E-state index is 0.0504. The van der Waals surface area contributed by atoms with E-state index in [2.05, 4.69) is 36.9 Å². The van der Waals surface area contributed by atoms with Crippen LogP contribution in [0.15, 0.2) is 0 Å². The zero-order valence-electron chi connectivity index (χ0n) is 6.61. The number of hydrogen-bond acceptors (Lipinski definition) is 6. The molecule has 0 aromatic heterocycles. The van der Waals surface area contributed by atoms with Crippen LogP contribution in [0, 0.1) is 11.8 Å². The molecule has 0 aliphatic carbocycles. The summed E-state index contributed by atoms with van der Waals surface area (Å²) < 4.78 is 0. The predicted octanol–water partition coefficient (Wildman–Crippen LogP) is 1.01. The van der Waals surface area contributed by atoms with E-state index in [1.165, 1.54) is 0 Å². The number of unbranched alkanes of at least 4 members (excludes halogenated alkanes) is 1. The van der Waals surface area contributed by atoms with Gasteiger partial charge in [0.15, 0.2) is 0 Å². The van der Waals surface area contributed by atoms with Crippen molar-refractivity contribution in [3.8, 4) is 11.8 Å². The van der Waals surface area contributed by atoms with Crippen molar-refractivity contribution in [3.05, 3.63) is 0 Å². The number of rotatable bonds is 6. The summed E-state index contributed by atoms with van der Waals surface area (Å²) in [5.74, 6) is 5.42. The summed E-state index contributed by atoms with van der Waals surface area (Å²) in [7, 11) is 0. The Hall–Kier alpha value is -0.680. The summed E-state index contributed by atoms with van der Waals surface area (Å²) in [5.41, 5.74) is 0. The van der Waals surface area contributed by atoms with E-state index >= 15 is 0 Å². The van der Waals surface area contributed by atoms with Crippen molar-refractivity contribution in [3.63, 3.8) is 0 Å². The van der Waals surface area contributed by atoms with Crippen molar-refractivity contribution >= 4 is 0 Å². The first-order chi connectivity index (χ1) is 5.91. The Bertz CT molecular complexity index is 137. The molecule has 6 nitrogen and oxygen atoms in total. The van der Waals surface area contributed by atoms with Crippen LogP contribution in [0.25, 0.3) is 0 Å². The van der Waals surface area contributed by atoms with E-state index in [0.29, 0.717) is 0 Å². The smallest absolute Gasteiger partial charge is 0.146 e. The van der Waals surface area contributed by atoms with Crippen LogP contribution in [0.2, 0.25) is 0 Å². The maximum Gasteiger partial charge on any atom is 0.146 e. The van der Waals surface area contributed by atoms with E-state index in [4.69, 9.17) is 5.26 Å². The summed E-state index contributed by atoms with van der Waals surface area (Å²) in [4.78, 5) is 4.27. The summed E-state index contributed by atoms with van der Waals surface area (Å²) in [6, 6.07) is 0. The molecule has 1 N–H and O–H groups in total. The molecule has 0 rings (SSSR count). The maximum atomic E-state index is 7.53. The second-order valence-corrected chi connectivity index (χ2v) is 1.64. The number of hydrogen-bond donors (Lipinski definition) is 1. The van der Waals surface area contributed by atoms with Crippen LogP contribution in [0.3, 0.4) is 0 Å². The SMILES string of the molecule is CCCC#CCOOOOOO. The monoisotopic (exact) mass is 178 g/mol. The van der Waals surface area contributed by atoms with Gasteiger partial charge in [-0.15, -0.1) is 5.92 Å². The lowest BCUT2D eigenvalue weighted by Gasteiger charge is -1.93. The molecule has 0 spiro atoms. The average molecular weight is 178 g/mol. The Labute approximate surface area is 69.6 Å². The van der Waals surface area contributed by atoms with Crippen molar-refractivity contribution in [2.45, 2.75) is 19.8 Å². The zero-order chi connectivity index (χ0) is 9.07.